The third kappa shape index (κ3) is 3.49. The largest absolute Gasteiger partial charge is 0.264 e. The summed E-state index contributed by atoms with van der Waals surface area (Å²) in [5.74, 6) is 0. The van der Waals surface area contributed by atoms with Gasteiger partial charge < -0.3 is 0 Å². The van der Waals surface area contributed by atoms with E-state index in [-0.39, 0.29) is 6.42 Å². The van der Waals surface area contributed by atoms with Crippen molar-refractivity contribution >= 4 is 0 Å². The molecule has 0 amide bonds. The summed E-state index contributed by atoms with van der Waals surface area (Å²) in [7, 11) is 0. The molecule has 11 heavy (non-hydrogen) atoms. The Bertz CT molecular complexity index is 152. The molecule has 0 aliphatic heterocycles. The van der Waals surface area contributed by atoms with Crippen LogP contribution in [0.3, 0.4) is 0 Å². The van der Waals surface area contributed by atoms with Crippen LogP contribution in [0.4, 0.5) is 0 Å². The minimum atomic E-state index is -0.838. The molecule has 0 rings (SSSR count). The second kappa shape index (κ2) is 3.85. The van der Waals surface area contributed by atoms with Crippen molar-refractivity contribution in [2.24, 2.45) is 0 Å². The quantitative estimate of drug-likeness (QED) is 0.449. The molecular formula is C5H10N2O4. The van der Waals surface area contributed by atoms with Gasteiger partial charge in [-0.05, 0) is 0 Å². The lowest BCUT2D eigenvalue weighted by Gasteiger charge is -2.04. The Balaban J connectivity index is 3.84. The Morgan fingerprint density at radius 3 is 1.55 bits per heavy atom. The highest BCUT2D eigenvalue weighted by atomic mass is 16.6. The molecule has 0 saturated heterocycles. The lowest BCUT2D eigenvalue weighted by molar-refractivity contribution is -0.555. The van der Waals surface area contributed by atoms with Crippen molar-refractivity contribution < 1.29 is 9.85 Å². The van der Waals surface area contributed by atoms with Gasteiger partial charge in [0.15, 0.2) is 0 Å². The van der Waals surface area contributed by atoms with E-state index in [1.165, 1.54) is 13.8 Å². The van der Waals surface area contributed by atoms with E-state index >= 15 is 0 Å². The van der Waals surface area contributed by atoms with E-state index < -0.39 is 21.9 Å². The Kier molecular flexibility index (Phi) is 3.43. The molecule has 6 heteroatoms. The number of hydrogen-bond acceptors (Lipinski definition) is 4. The molecular weight excluding hydrogens is 152 g/mol. The zero-order chi connectivity index (χ0) is 9.02. The summed E-state index contributed by atoms with van der Waals surface area (Å²) < 4.78 is 0. The minimum Gasteiger partial charge on any atom is -0.264 e. The van der Waals surface area contributed by atoms with Crippen LogP contribution in [0.1, 0.15) is 20.3 Å². The Morgan fingerprint density at radius 1 is 1.09 bits per heavy atom. The van der Waals surface area contributed by atoms with Gasteiger partial charge in [0.05, 0.1) is 6.42 Å². The standard InChI is InChI=1S/C5H10N2O4/c1-4(6(8)9)3-5(2)7(10)11/h4-5H,3H2,1-2H3. The van der Waals surface area contributed by atoms with E-state index in [4.69, 9.17) is 0 Å². The molecule has 0 radical (unpaired) electrons. The van der Waals surface area contributed by atoms with E-state index in [1.807, 2.05) is 0 Å². The zero-order valence-electron chi connectivity index (χ0n) is 6.39. The van der Waals surface area contributed by atoms with Gasteiger partial charge in [-0.25, -0.2) is 0 Å². The van der Waals surface area contributed by atoms with Gasteiger partial charge in [-0.1, -0.05) is 0 Å². The van der Waals surface area contributed by atoms with Crippen LogP contribution in [0.25, 0.3) is 0 Å². The van der Waals surface area contributed by atoms with Crippen LogP contribution in [0.15, 0.2) is 0 Å². The summed E-state index contributed by atoms with van der Waals surface area (Å²) in [6.45, 7) is 2.72. The van der Waals surface area contributed by atoms with E-state index in [0.29, 0.717) is 0 Å². The van der Waals surface area contributed by atoms with Crippen molar-refractivity contribution in [3.05, 3.63) is 20.2 Å². The minimum absolute atomic E-state index is 0.0139. The summed E-state index contributed by atoms with van der Waals surface area (Å²) in [6.07, 6.45) is -0.0139. The first-order valence-electron chi connectivity index (χ1n) is 3.22. The fourth-order valence-corrected chi connectivity index (χ4v) is 0.666. The van der Waals surface area contributed by atoms with E-state index in [1.54, 1.807) is 0 Å². The lowest BCUT2D eigenvalue weighted by Crippen LogP contribution is -2.25. The zero-order valence-corrected chi connectivity index (χ0v) is 6.39. The van der Waals surface area contributed by atoms with Crippen LogP contribution in [0, 0.1) is 20.2 Å². The number of nitro groups is 2. The van der Waals surface area contributed by atoms with Gasteiger partial charge in [-0.2, -0.15) is 0 Å². The molecule has 0 saturated carbocycles. The Morgan fingerprint density at radius 2 is 1.36 bits per heavy atom. The van der Waals surface area contributed by atoms with Crippen molar-refractivity contribution in [2.45, 2.75) is 32.4 Å². The van der Waals surface area contributed by atoms with Crippen molar-refractivity contribution in [3.63, 3.8) is 0 Å². The maximum Gasteiger partial charge on any atom is 0.216 e. The van der Waals surface area contributed by atoms with Gasteiger partial charge in [-0.3, -0.25) is 20.2 Å². The van der Waals surface area contributed by atoms with Gasteiger partial charge in [0.25, 0.3) is 0 Å². The number of hydrogen-bond donors (Lipinski definition) is 0. The number of rotatable bonds is 4. The number of nitrogens with zero attached hydrogens (tertiary/aromatic N) is 2. The summed E-state index contributed by atoms with van der Waals surface area (Å²) in [4.78, 5) is 19.1. The molecule has 2 unspecified atom stereocenters. The normalized spacial score (nSPS) is 15.5. The summed E-state index contributed by atoms with van der Waals surface area (Å²) >= 11 is 0. The SMILES string of the molecule is CC(CC(C)[N+](=O)[O-])[N+](=O)[O-]. The highest BCUT2D eigenvalue weighted by molar-refractivity contribution is 4.54. The van der Waals surface area contributed by atoms with Crippen LogP contribution < -0.4 is 0 Å². The average molecular weight is 162 g/mol. The predicted molar refractivity (Wildman–Crippen MR) is 37.5 cm³/mol. The monoisotopic (exact) mass is 162 g/mol. The molecule has 0 bridgehead atoms. The van der Waals surface area contributed by atoms with Crippen molar-refractivity contribution in [3.8, 4) is 0 Å². The summed E-state index contributed by atoms with van der Waals surface area (Å²) in [5, 5.41) is 20.1. The third-order valence-electron chi connectivity index (χ3n) is 1.40. The molecule has 0 aromatic rings. The summed E-state index contributed by atoms with van der Waals surface area (Å²) in [5.41, 5.74) is 0. The van der Waals surface area contributed by atoms with Crippen LogP contribution in [-0.2, 0) is 0 Å². The first-order chi connectivity index (χ1) is 4.95. The molecule has 0 aliphatic rings. The van der Waals surface area contributed by atoms with Crippen LogP contribution >= 0.6 is 0 Å². The Labute approximate surface area is 63.5 Å². The first kappa shape index (κ1) is 9.80. The van der Waals surface area contributed by atoms with E-state index in [9.17, 15) is 20.2 Å². The molecule has 0 heterocycles. The smallest absolute Gasteiger partial charge is 0.216 e. The highest BCUT2D eigenvalue weighted by Crippen LogP contribution is 2.02. The van der Waals surface area contributed by atoms with E-state index in [2.05, 4.69) is 0 Å². The predicted octanol–water partition coefficient (Wildman–Crippen LogP) is 0.707. The average Bonchev–Trinajstić information content (AvgIpc) is 1.87. The van der Waals surface area contributed by atoms with Crippen molar-refractivity contribution in [2.75, 3.05) is 0 Å². The molecule has 6 nitrogen and oxygen atoms in total. The molecule has 0 spiro atoms. The van der Waals surface area contributed by atoms with E-state index in [0.717, 1.165) is 0 Å². The molecule has 64 valence electrons. The third-order valence-corrected chi connectivity index (χ3v) is 1.40. The first-order valence-corrected chi connectivity index (χ1v) is 3.22. The molecule has 0 aliphatic carbocycles. The van der Waals surface area contributed by atoms with Gasteiger partial charge in [-0.15, -0.1) is 0 Å². The molecule has 0 fully saturated rings. The highest BCUT2D eigenvalue weighted by Gasteiger charge is 2.23. The van der Waals surface area contributed by atoms with Crippen LogP contribution in [0.2, 0.25) is 0 Å². The van der Waals surface area contributed by atoms with Gasteiger partial charge in [0.2, 0.25) is 12.1 Å². The van der Waals surface area contributed by atoms with Crippen LogP contribution in [0.5, 0.6) is 0 Å². The maximum absolute atomic E-state index is 10.0. The topological polar surface area (TPSA) is 86.3 Å². The van der Waals surface area contributed by atoms with Gasteiger partial charge in [0.1, 0.15) is 0 Å². The molecule has 0 aromatic heterocycles. The Hall–Kier alpha value is -1.20. The molecule has 2 atom stereocenters. The van der Waals surface area contributed by atoms with Crippen molar-refractivity contribution in [1.29, 1.82) is 0 Å². The summed E-state index contributed by atoms with van der Waals surface area (Å²) in [6, 6.07) is -1.68. The van der Waals surface area contributed by atoms with Crippen LogP contribution in [-0.4, -0.2) is 21.9 Å². The molecule has 0 aromatic carbocycles. The maximum atomic E-state index is 10.0. The fourth-order valence-electron chi connectivity index (χ4n) is 0.666. The fraction of sp³-hybridized carbons (Fsp3) is 1.00. The van der Waals surface area contributed by atoms with Gasteiger partial charge in [0, 0.05) is 23.7 Å². The van der Waals surface area contributed by atoms with Crippen molar-refractivity contribution in [1.82, 2.24) is 0 Å². The second-order valence-corrected chi connectivity index (χ2v) is 2.50. The second-order valence-electron chi connectivity index (χ2n) is 2.50. The lowest BCUT2D eigenvalue weighted by atomic mass is 10.1. The molecule has 0 N–H and O–H groups in total. The van der Waals surface area contributed by atoms with Gasteiger partial charge >= 0.3 is 0 Å².